The number of esters is 1. The molecular weight excluding hydrogens is 384 g/mol. The normalized spacial score (nSPS) is 55.5. The number of carbonyl (C=O) groups is 3. The Morgan fingerprint density at radius 1 is 1.43 bits per heavy atom. The zero-order valence-electron chi connectivity index (χ0n) is 22.6. The molecule has 1 aliphatic heterocycles. The van der Waals surface area contributed by atoms with E-state index in [1.165, 1.54) is 6.08 Å². The highest BCUT2D eigenvalue weighted by molar-refractivity contribution is 6.01. The predicted molar refractivity (Wildman–Crippen MR) is 107 cm³/mol. The number of ketones is 2. The second kappa shape index (κ2) is 5.92. The minimum absolute atomic E-state index is 0.0496. The van der Waals surface area contributed by atoms with Crippen LogP contribution in [-0.4, -0.2) is 46.5 Å². The fourth-order valence-corrected chi connectivity index (χ4v) is 7.18. The maximum absolute atomic E-state index is 13.5. The highest BCUT2D eigenvalue weighted by Gasteiger charge is 2.81. The molecule has 30 heavy (non-hydrogen) atoms. The van der Waals surface area contributed by atoms with Crippen molar-refractivity contribution in [3.63, 3.8) is 0 Å². The van der Waals surface area contributed by atoms with Gasteiger partial charge in [-0.15, -0.1) is 0 Å². The molecule has 0 aromatic carbocycles. The minimum atomic E-state index is -3.03. The van der Waals surface area contributed by atoms with Gasteiger partial charge in [0.05, 0.1) is 10.2 Å². The van der Waals surface area contributed by atoms with Crippen LogP contribution in [0.4, 0.5) is 0 Å². The van der Waals surface area contributed by atoms with Crippen molar-refractivity contribution in [1.29, 1.82) is 0 Å². The molecule has 1 saturated heterocycles. The van der Waals surface area contributed by atoms with Gasteiger partial charge in [-0.25, -0.2) is 0 Å². The van der Waals surface area contributed by atoms with Gasteiger partial charge in [-0.1, -0.05) is 25.5 Å². The van der Waals surface area contributed by atoms with Gasteiger partial charge in [0.25, 0.3) is 0 Å². The summed E-state index contributed by atoms with van der Waals surface area (Å²) in [6.45, 7) is 3.14. The van der Waals surface area contributed by atoms with E-state index >= 15 is 0 Å². The summed E-state index contributed by atoms with van der Waals surface area (Å²) >= 11 is 0. The first-order valence-electron chi connectivity index (χ1n) is 13.0. The van der Waals surface area contributed by atoms with Crippen molar-refractivity contribution in [3.05, 3.63) is 23.8 Å². The monoisotopic (exact) mass is 419 g/mol. The summed E-state index contributed by atoms with van der Waals surface area (Å²) in [6.07, 6.45) is 0.945. The van der Waals surface area contributed by atoms with Gasteiger partial charge in [0, 0.05) is 20.5 Å². The van der Waals surface area contributed by atoms with Gasteiger partial charge in [-0.05, 0) is 62.4 Å². The highest BCUT2D eigenvalue weighted by Crippen LogP contribution is 2.76. The smallest absolute Gasteiger partial charge is 0.303 e. The predicted octanol–water partition coefficient (Wildman–Crippen LogP) is 2.53. The van der Waals surface area contributed by atoms with Crippen LogP contribution >= 0.6 is 0 Å². The Balaban J connectivity index is 1.62. The number of allylic oxidation sites excluding steroid dienone is 2. The van der Waals surface area contributed by atoms with Crippen LogP contribution in [0.25, 0.3) is 0 Å². The Hall–Kier alpha value is -1.79. The van der Waals surface area contributed by atoms with Gasteiger partial charge < -0.3 is 14.6 Å². The number of rotatable bonds is 3. The molecule has 0 radical (unpaired) electrons. The lowest BCUT2D eigenvalue weighted by Gasteiger charge is -2.55. The van der Waals surface area contributed by atoms with Gasteiger partial charge >= 0.3 is 5.97 Å². The van der Waals surface area contributed by atoms with Crippen molar-refractivity contribution in [2.45, 2.75) is 70.6 Å². The Labute approximate surface area is 183 Å². The first-order chi connectivity index (χ1) is 15.9. The van der Waals surface area contributed by atoms with Crippen LogP contribution in [0.3, 0.4) is 0 Å². The van der Waals surface area contributed by atoms with Crippen LogP contribution in [0.5, 0.6) is 0 Å². The molecule has 5 rings (SSSR count). The summed E-state index contributed by atoms with van der Waals surface area (Å²) in [4.78, 5) is 37.2. The molecule has 0 unspecified atom stereocenters. The van der Waals surface area contributed by atoms with Crippen LogP contribution in [0.1, 0.15) is 60.2 Å². The van der Waals surface area contributed by atoms with Crippen LogP contribution in [0.15, 0.2) is 23.8 Å². The molecule has 1 spiro atoms. The van der Waals surface area contributed by atoms with Crippen molar-refractivity contribution < 1.29 is 35.8 Å². The van der Waals surface area contributed by atoms with E-state index < -0.39 is 76.4 Å². The minimum Gasteiger partial charge on any atom is -0.458 e. The Morgan fingerprint density at radius 2 is 2.17 bits per heavy atom. The van der Waals surface area contributed by atoms with E-state index in [-0.39, 0.29) is 24.5 Å². The number of hydrogen-bond donors (Lipinski definition) is 1. The van der Waals surface area contributed by atoms with Gasteiger partial charge in [-0.2, -0.15) is 0 Å². The topological polar surface area (TPSA) is 93.2 Å². The van der Waals surface area contributed by atoms with E-state index in [1.54, 1.807) is 26.8 Å². The van der Waals surface area contributed by atoms with Gasteiger partial charge in [-0.3, -0.25) is 14.4 Å². The zero-order valence-corrected chi connectivity index (χ0v) is 17.6. The molecule has 6 nitrogen and oxygen atoms in total. The molecule has 0 bridgehead atoms. The molecule has 8 atom stereocenters. The lowest BCUT2D eigenvalue weighted by molar-refractivity contribution is -0.170. The van der Waals surface area contributed by atoms with Gasteiger partial charge in [0.1, 0.15) is 11.2 Å². The van der Waals surface area contributed by atoms with Crippen LogP contribution in [-0.2, 0) is 23.9 Å². The fraction of sp³-hybridized carbons (Fsp3) is 0.708. The van der Waals surface area contributed by atoms with E-state index in [9.17, 15) is 19.5 Å². The molecule has 0 amide bonds. The average molecular weight is 420 g/mol. The van der Waals surface area contributed by atoms with Crippen LogP contribution in [0, 0.1) is 28.6 Å². The summed E-state index contributed by atoms with van der Waals surface area (Å²) in [5.41, 5.74) is -5.15. The van der Waals surface area contributed by atoms with Crippen molar-refractivity contribution >= 4 is 17.5 Å². The molecule has 0 aromatic rings. The van der Waals surface area contributed by atoms with Crippen molar-refractivity contribution in [1.82, 2.24) is 0 Å². The van der Waals surface area contributed by atoms with Gasteiger partial charge in [0.2, 0.25) is 5.78 Å². The number of ether oxygens (including phenoxy) is 2. The number of aliphatic hydroxyl groups is 1. The summed E-state index contributed by atoms with van der Waals surface area (Å²) in [7, 11) is 0. The summed E-state index contributed by atoms with van der Waals surface area (Å²) < 4.78 is 53.2. The second-order valence-electron chi connectivity index (χ2n) is 9.94. The molecule has 1 N–H and O–H groups in total. The lowest BCUT2D eigenvalue weighted by Crippen LogP contribution is -2.62. The summed E-state index contributed by atoms with van der Waals surface area (Å²) in [6, 6.07) is -0.350. The second-order valence-corrected chi connectivity index (χ2v) is 9.94. The van der Waals surface area contributed by atoms with Crippen molar-refractivity contribution in [2.24, 2.45) is 28.6 Å². The molecule has 4 aliphatic carbocycles. The van der Waals surface area contributed by atoms with Crippen molar-refractivity contribution in [3.8, 4) is 0 Å². The van der Waals surface area contributed by atoms with E-state index in [0.717, 1.165) is 6.92 Å². The van der Waals surface area contributed by atoms with E-state index in [0.29, 0.717) is 6.42 Å². The number of fused-ring (bicyclic) bond motifs is 3. The van der Waals surface area contributed by atoms with Gasteiger partial charge in [0.15, 0.2) is 12.3 Å². The Kier molecular flexibility index (Phi) is 2.97. The molecule has 5 aliphatic rings. The zero-order chi connectivity index (χ0) is 26.1. The fourth-order valence-electron chi connectivity index (χ4n) is 7.18. The maximum Gasteiger partial charge on any atom is 0.303 e. The number of carbonyl (C=O) groups excluding carboxylic acids is 3. The SMILES string of the molecule is [2H]C1=C2C([2H])([2H])C[C@H]3[C@@H]4C[C@@H](C)[C@](O)(C(=O)C([2H])([2H])OC(C)=O)[C@@]4(C)C[C@@H]4O[C@@]43[C@@]2(C)C=CC1=O. The largest absolute Gasteiger partial charge is 0.458 e. The Bertz CT molecular complexity index is 1130. The third-order valence-corrected chi connectivity index (χ3v) is 8.69. The van der Waals surface area contributed by atoms with Crippen molar-refractivity contribution in [2.75, 3.05) is 6.56 Å². The maximum atomic E-state index is 13.5. The molecule has 4 fully saturated rings. The number of epoxide rings is 1. The molecule has 3 saturated carbocycles. The van der Waals surface area contributed by atoms with E-state index in [4.69, 9.17) is 11.6 Å². The quantitative estimate of drug-likeness (QED) is 0.558. The van der Waals surface area contributed by atoms with Crippen LogP contribution < -0.4 is 0 Å². The van der Waals surface area contributed by atoms with E-state index in [1.807, 2.05) is 0 Å². The average Bonchev–Trinajstić information content (AvgIpc) is 3.40. The lowest BCUT2D eigenvalue weighted by atomic mass is 9.46. The van der Waals surface area contributed by atoms with E-state index in [2.05, 4.69) is 4.74 Å². The Morgan fingerprint density at radius 3 is 2.87 bits per heavy atom. The summed E-state index contributed by atoms with van der Waals surface area (Å²) in [5.74, 6) is -4.29. The number of Topliss-reactive ketones (excluding diaryl/α,β-unsaturated/α-hetero) is 1. The highest BCUT2D eigenvalue weighted by atomic mass is 16.6. The molecule has 1 heterocycles. The first-order valence-corrected chi connectivity index (χ1v) is 10.5. The third kappa shape index (κ3) is 2.14. The molecule has 6 heteroatoms. The molecular formula is C24H30O6. The molecule has 162 valence electrons. The molecule has 0 aromatic heterocycles. The first kappa shape index (κ1) is 15.1. The summed E-state index contributed by atoms with van der Waals surface area (Å²) in [5, 5.41) is 11.9. The number of hydrogen-bond acceptors (Lipinski definition) is 6. The third-order valence-electron chi connectivity index (χ3n) is 8.69. The standard InChI is InChI=1S/C24H30O6/c1-13-9-18-17-6-5-15-10-16(26)7-8-21(15,3)24(17)20(30-24)11-22(18,4)23(13,28)19(27)12-29-14(2)25/h7-8,10,13,17-18,20,28H,5-6,9,11-12H2,1-4H3/t13-,17+,18+,20+,21+,22+,23+,24-/m1/s1/i5D2,10D,12D2. The van der Waals surface area contributed by atoms with Crippen LogP contribution in [0.2, 0.25) is 0 Å².